The number of hydrogen-bond acceptors (Lipinski definition) is 5. The van der Waals surface area contributed by atoms with Crippen molar-refractivity contribution >= 4 is 21.5 Å². The number of pyridine rings is 1. The Kier molecular flexibility index (Phi) is 4.53. The average molecular weight is 380 g/mol. The van der Waals surface area contributed by atoms with Crippen LogP contribution in [0.2, 0.25) is 0 Å². The van der Waals surface area contributed by atoms with Gasteiger partial charge in [-0.2, -0.15) is 0 Å². The number of aliphatic imine (C=N–C) groups is 1. The molecule has 0 amide bonds. The summed E-state index contributed by atoms with van der Waals surface area (Å²) < 4.78 is 50.5. The number of sulfonamides is 1. The van der Waals surface area contributed by atoms with Crippen LogP contribution in [0.25, 0.3) is 0 Å². The van der Waals surface area contributed by atoms with Crippen molar-refractivity contribution in [1.82, 2.24) is 4.98 Å². The van der Waals surface area contributed by atoms with Gasteiger partial charge in [0.25, 0.3) is 5.92 Å². The van der Waals surface area contributed by atoms with E-state index in [-0.39, 0.29) is 11.4 Å². The average Bonchev–Trinajstić information content (AvgIpc) is 3.00. The van der Waals surface area contributed by atoms with Crippen LogP contribution in [0.15, 0.2) is 52.5 Å². The fourth-order valence-corrected chi connectivity index (χ4v) is 3.18. The number of benzene rings is 1. The molecule has 1 aromatic heterocycles. The number of anilines is 1. The molecule has 0 saturated heterocycles. The first-order valence-corrected chi connectivity index (χ1v) is 9.39. The van der Waals surface area contributed by atoms with Crippen molar-refractivity contribution in [3.05, 3.63) is 53.9 Å². The lowest BCUT2D eigenvalue weighted by Gasteiger charge is -2.22. The van der Waals surface area contributed by atoms with E-state index >= 15 is 0 Å². The number of aryl methyl sites for hydroxylation is 1. The smallest absolute Gasteiger partial charge is 0.269 e. The first-order valence-electron chi connectivity index (χ1n) is 7.85. The molecule has 6 nitrogen and oxygen atoms in total. The molecule has 0 bridgehead atoms. The molecule has 1 aromatic carbocycles. The highest BCUT2D eigenvalue weighted by Gasteiger charge is 2.41. The SMILES string of the molecule is Cc1ccc(C2=NC(C(C)(F)F)CN2c2ccc(S(N)(=O)=O)cc2)cn1. The van der Waals surface area contributed by atoms with E-state index in [1.807, 2.05) is 6.92 Å². The molecule has 2 heterocycles. The third-order valence-corrected chi connectivity index (χ3v) is 5.05. The lowest BCUT2D eigenvalue weighted by molar-refractivity contribution is 0.000763. The second-order valence-corrected chi connectivity index (χ2v) is 7.82. The number of rotatable bonds is 4. The summed E-state index contributed by atoms with van der Waals surface area (Å²) in [5, 5.41) is 5.10. The van der Waals surface area contributed by atoms with Crippen LogP contribution in [0.1, 0.15) is 18.2 Å². The third kappa shape index (κ3) is 3.73. The summed E-state index contributed by atoms with van der Waals surface area (Å²) in [7, 11) is -3.83. The van der Waals surface area contributed by atoms with E-state index in [2.05, 4.69) is 9.98 Å². The van der Waals surface area contributed by atoms with E-state index in [9.17, 15) is 17.2 Å². The Morgan fingerprint density at radius 1 is 1.19 bits per heavy atom. The number of hydrogen-bond donors (Lipinski definition) is 1. The van der Waals surface area contributed by atoms with Crippen molar-refractivity contribution in [2.24, 2.45) is 10.1 Å². The van der Waals surface area contributed by atoms with Crippen molar-refractivity contribution in [2.75, 3.05) is 11.4 Å². The Morgan fingerprint density at radius 3 is 2.35 bits per heavy atom. The summed E-state index contributed by atoms with van der Waals surface area (Å²) in [5.74, 6) is -2.62. The molecule has 2 aromatic rings. The summed E-state index contributed by atoms with van der Waals surface area (Å²) in [5.41, 5.74) is 1.95. The Labute approximate surface area is 150 Å². The topological polar surface area (TPSA) is 88.6 Å². The minimum Gasteiger partial charge on any atom is -0.324 e. The van der Waals surface area contributed by atoms with Crippen LogP contribution >= 0.6 is 0 Å². The Morgan fingerprint density at radius 2 is 1.85 bits per heavy atom. The summed E-state index contributed by atoms with van der Waals surface area (Å²) in [6, 6.07) is 8.05. The van der Waals surface area contributed by atoms with E-state index in [1.54, 1.807) is 23.2 Å². The van der Waals surface area contributed by atoms with Gasteiger partial charge in [-0.15, -0.1) is 0 Å². The van der Waals surface area contributed by atoms with Gasteiger partial charge in [0.2, 0.25) is 10.0 Å². The molecule has 138 valence electrons. The van der Waals surface area contributed by atoms with Crippen LogP contribution in [0.3, 0.4) is 0 Å². The van der Waals surface area contributed by atoms with E-state index in [1.165, 1.54) is 24.3 Å². The number of nitrogens with zero attached hydrogens (tertiary/aromatic N) is 3. The number of halogens is 2. The van der Waals surface area contributed by atoms with Gasteiger partial charge >= 0.3 is 0 Å². The second-order valence-electron chi connectivity index (χ2n) is 6.26. The van der Waals surface area contributed by atoms with Gasteiger partial charge in [0.1, 0.15) is 11.9 Å². The number of nitrogens with two attached hydrogens (primary N) is 1. The van der Waals surface area contributed by atoms with Crippen LogP contribution in [0.5, 0.6) is 0 Å². The minimum atomic E-state index is -3.83. The zero-order chi connectivity index (χ0) is 19.1. The maximum Gasteiger partial charge on any atom is 0.269 e. The van der Waals surface area contributed by atoms with Gasteiger partial charge in [-0.3, -0.25) is 9.98 Å². The monoisotopic (exact) mass is 380 g/mol. The van der Waals surface area contributed by atoms with Crippen LogP contribution in [0, 0.1) is 6.92 Å². The summed E-state index contributed by atoms with van der Waals surface area (Å²) in [6.07, 6.45) is 1.58. The summed E-state index contributed by atoms with van der Waals surface area (Å²) >= 11 is 0. The number of amidine groups is 1. The molecule has 1 atom stereocenters. The van der Waals surface area contributed by atoms with Gasteiger partial charge in [0, 0.05) is 30.1 Å². The highest BCUT2D eigenvalue weighted by atomic mass is 32.2. The first kappa shape index (κ1) is 18.4. The molecule has 2 N–H and O–H groups in total. The van der Waals surface area contributed by atoms with Crippen molar-refractivity contribution in [2.45, 2.75) is 30.7 Å². The molecule has 0 aliphatic carbocycles. The lowest BCUT2D eigenvalue weighted by Crippen LogP contribution is -2.36. The normalized spacial score (nSPS) is 18.1. The van der Waals surface area contributed by atoms with Crippen LogP contribution in [-0.4, -0.2) is 37.7 Å². The fourth-order valence-electron chi connectivity index (χ4n) is 2.67. The van der Waals surface area contributed by atoms with Crippen LogP contribution in [0.4, 0.5) is 14.5 Å². The van der Waals surface area contributed by atoms with Gasteiger partial charge in [-0.05, 0) is 43.3 Å². The van der Waals surface area contributed by atoms with Crippen molar-refractivity contribution in [3.63, 3.8) is 0 Å². The zero-order valence-corrected chi connectivity index (χ0v) is 15.0. The number of alkyl halides is 2. The van der Waals surface area contributed by atoms with Gasteiger partial charge < -0.3 is 4.90 Å². The predicted molar refractivity (Wildman–Crippen MR) is 95.1 cm³/mol. The molecule has 0 spiro atoms. The maximum atomic E-state index is 13.8. The molecule has 1 aliphatic heterocycles. The van der Waals surface area contributed by atoms with E-state index < -0.39 is 22.0 Å². The molecular formula is C17H18F2N4O2S. The quantitative estimate of drug-likeness (QED) is 0.882. The second kappa shape index (κ2) is 6.40. The van der Waals surface area contributed by atoms with Crippen LogP contribution < -0.4 is 10.0 Å². The molecule has 3 rings (SSSR count). The lowest BCUT2D eigenvalue weighted by atomic mass is 10.1. The van der Waals surface area contributed by atoms with E-state index in [4.69, 9.17) is 5.14 Å². The Balaban J connectivity index is 2.01. The van der Waals surface area contributed by atoms with Crippen LogP contribution in [-0.2, 0) is 10.0 Å². The first-order chi connectivity index (χ1) is 12.1. The molecule has 1 aliphatic rings. The van der Waals surface area contributed by atoms with Crippen molar-refractivity contribution in [1.29, 1.82) is 0 Å². The molecule has 1 unspecified atom stereocenters. The number of primary sulfonamides is 1. The third-order valence-electron chi connectivity index (χ3n) is 4.12. The highest BCUT2D eigenvalue weighted by molar-refractivity contribution is 7.89. The predicted octanol–water partition coefficient (Wildman–Crippen LogP) is 2.33. The highest BCUT2D eigenvalue weighted by Crippen LogP contribution is 2.31. The largest absolute Gasteiger partial charge is 0.324 e. The molecule has 0 fully saturated rings. The molecule has 26 heavy (non-hydrogen) atoms. The molecular weight excluding hydrogens is 362 g/mol. The molecule has 0 saturated carbocycles. The van der Waals surface area contributed by atoms with Gasteiger partial charge in [-0.25, -0.2) is 22.3 Å². The molecule has 0 radical (unpaired) electrons. The van der Waals surface area contributed by atoms with E-state index in [0.29, 0.717) is 17.1 Å². The van der Waals surface area contributed by atoms with Gasteiger partial charge in [0.15, 0.2) is 0 Å². The summed E-state index contributed by atoms with van der Waals surface area (Å²) in [4.78, 5) is 9.97. The van der Waals surface area contributed by atoms with Gasteiger partial charge in [-0.1, -0.05) is 0 Å². The summed E-state index contributed by atoms with van der Waals surface area (Å²) in [6.45, 7) is 2.63. The number of aromatic nitrogens is 1. The maximum absolute atomic E-state index is 13.8. The van der Waals surface area contributed by atoms with Crippen molar-refractivity contribution < 1.29 is 17.2 Å². The molecule has 9 heteroatoms. The van der Waals surface area contributed by atoms with Gasteiger partial charge in [0.05, 0.1) is 11.4 Å². The van der Waals surface area contributed by atoms with E-state index in [0.717, 1.165) is 12.6 Å². The fraction of sp³-hybridized carbons (Fsp3) is 0.294. The minimum absolute atomic E-state index is 0.0264. The standard InChI is InChI=1S/C17H18F2N4O2S/c1-11-3-4-12(9-21-11)16-22-15(17(2,18)19)10-23(16)13-5-7-14(8-6-13)26(20,24)25/h3-9,15H,10H2,1-2H3,(H2,20,24,25). The zero-order valence-electron chi connectivity index (χ0n) is 14.2. The van der Waals surface area contributed by atoms with Crippen molar-refractivity contribution in [3.8, 4) is 0 Å². The Hall–Kier alpha value is -2.39. The Bertz CT molecular complexity index is 936.